The predicted octanol–water partition coefficient (Wildman–Crippen LogP) is 2.92. The van der Waals surface area contributed by atoms with Gasteiger partial charge in [0.15, 0.2) is 0 Å². The van der Waals surface area contributed by atoms with Gasteiger partial charge in [0, 0.05) is 51.5 Å². The predicted molar refractivity (Wildman–Crippen MR) is 114 cm³/mol. The number of hydrogen-bond donors (Lipinski definition) is 1. The third-order valence-electron chi connectivity index (χ3n) is 6.37. The molecule has 0 atom stereocenters. The van der Waals surface area contributed by atoms with Gasteiger partial charge in [-0.15, -0.1) is 10.2 Å². The molecule has 1 aromatic carbocycles. The zero-order valence-electron chi connectivity index (χ0n) is 17.7. The van der Waals surface area contributed by atoms with Crippen molar-refractivity contribution in [1.82, 2.24) is 25.0 Å². The highest BCUT2D eigenvalue weighted by Crippen LogP contribution is 2.26. The van der Waals surface area contributed by atoms with Gasteiger partial charge >= 0.3 is 0 Å². The summed E-state index contributed by atoms with van der Waals surface area (Å²) in [4.78, 5) is 14.5. The third-order valence-corrected chi connectivity index (χ3v) is 6.37. The maximum absolute atomic E-state index is 12.0. The molecule has 1 amide bonds. The molecule has 2 aliphatic rings. The molecule has 4 rings (SSSR count). The molecule has 0 radical (unpaired) electrons. The third kappa shape index (κ3) is 4.86. The summed E-state index contributed by atoms with van der Waals surface area (Å²) in [5, 5.41) is 11.9. The van der Waals surface area contributed by atoms with E-state index in [1.165, 1.54) is 17.5 Å². The minimum atomic E-state index is 0.210. The van der Waals surface area contributed by atoms with Crippen molar-refractivity contribution in [3.8, 4) is 0 Å². The monoisotopic (exact) mass is 395 g/mol. The summed E-state index contributed by atoms with van der Waals surface area (Å²) >= 11 is 0. The smallest absolute Gasteiger partial charge is 0.223 e. The summed E-state index contributed by atoms with van der Waals surface area (Å²) in [6.07, 6.45) is 4.95. The van der Waals surface area contributed by atoms with E-state index in [-0.39, 0.29) is 11.8 Å². The van der Waals surface area contributed by atoms with Crippen molar-refractivity contribution in [2.24, 2.45) is 5.92 Å². The first kappa shape index (κ1) is 20.1. The van der Waals surface area contributed by atoms with Crippen molar-refractivity contribution < 1.29 is 4.79 Å². The number of nitrogens with one attached hydrogen (secondary N) is 1. The molecule has 0 spiro atoms. The second-order valence-electron chi connectivity index (χ2n) is 8.78. The number of carbonyl (C=O) groups excluding carboxylic acids is 1. The zero-order chi connectivity index (χ0) is 20.2. The van der Waals surface area contributed by atoms with Crippen LogP contribution in [-0.4, -0.2) is 45.2 Å². The Morgan fingerprint density at radius 1 is 1.14 bits per heavy atom. The van der Waals surface area contributed by atoms with Crippen molar-refractivity contribution in [3.05, 3.63) is 47.0 Å². The van der Waals surface area contributed by atoms with Gasteiger partial charge in [-0.2, -0.15) is 0 Å². The van der Waals surface area contributed by atoms with E-state index < -0.39 is 0 Å². The second-order valence-corrected chi connectivity index (χ2v) is 8.78. The minimum absolute atomic E-state index is 0.210. The lowest BCUT2D eigenvalue weighted by molar-refractivity contribution is -0.127. The molecule has 0 unspecified atom stereocenters. The number of nitrogens with zero attached hydrogens (tertiary/aromatic N) is 4. The van der Waals surface area contributed by atoms with Crippen LogP contribution in [0.5, 0.6) is 0 Å². The van der Waals surface area contributed by atoms with E-state index in [9.17, 15) is 4.79 Å². The van der Waals surface area contributed by atoms with E-state index in [0.29, 0.717) is 12.5 Å². The van der Waals surface area contributed by atoms with Crippen LogP contribution in [0.15, 0.2) is 24.3 Å². The van der Waals surface area contributed by atoms with E-state index in [4.69, 9.17) is 0 Å². The number of fused-ring (bicyclic) bond motifs is 1. The number of amides is 1. The molecule has 0 saturated heterocycles. The Morgan fingerprint density at radius 3 is 2.62 bits per heavy atom. The van der Waals surface area contributed by atoms with E-state index >= 15 is 0 Å². The molecule has 1 aliphatic heterocycles. The molecule has 29 heavy (non-hydrogen) atoms. The van der Waals surface area contributed by atoms with Crippen molar-refractivity contribution >= 4 is 5.91 Å². The Kier molecular flexibility index (Phi) is 6.28. The molecule has 0 bridgehead atoms. The molecule has 1 saturated carbocycles. The lowest BCUT2D eigenvalue weighted by atomic mass is 9.85. The number of carbonyl (C=O) groups is 1. The average Bonchev–Trinajstić information content (AvgIpc) is 2.93. The Hall–Kier alpha value is -2.21. The van der Waals surface area contributed by atoms with Crippen LogP contribution in [0.1, 0.15) is 61.8 Å². The van der Waals surface area contributed by atoms with E-state index in [0.717, 1.165) is 63.5 Å². The van der Waals surface area contributed by atoms with Crippen LogP contribution in [0.4, 0.5) is 0 Å². The van der Waals surface area contributed by atoms with Gasteiger partial charge in [-0.3, -0.25) is 9.69 Å². The molecule has 6 heteroatoms. The normalized spacial score (nSPS) is 17.6. The van der Waals surface area contributed by atoms with Gasteiger partial charge in [0.1, 0.15) is 11.6 Å². The Balaban J connectivity index is 1.29. The van der Waals surface area contributed by atoms with Gasteiger partial charge in [-0.05, 0) is 29.9 Å². The summed E-state index contributed by atoms with van der Waals surface area (Å²) in [5.41, 5.74) is 2.76. The summed E-state index contributed by atoms with van der Waals surface area (Å²) in [7, 11) is 0. The molecule has 156 valence electrons. The van der Waals surface area contributed by atoms with Gasteiger partial charge in [-0.25, -0.2) is 0 Å². The quantitative estimate of drug-likeness (QED) is 0.783. The maximum atomic E-state index is 12.0. The van der Waals surface area contributed by atoms with Crippen molar-refractivity contribution in [2.45, 2.75) is 65.0 Å². The average molecular weight is 396 g/mol. The Morgan fingerprint density at radius 2 is 1.93 bits per heavy atom. The SMILES string of the molecule is CC(C)c1ccc(CN2CCc3nnc(CCNC(=O)C4CCC4)n3CC2)cc1. The van der Waals surface area contributed by atoms with E-state index in [1.807, 2.05) is 0 Å². The van der Waals surface area contributed by atoms with Crippen LogP contribution in [-0.2, 0) is 30.7 Å². The van der Waals surface area contributed by atoms with Gasteiger partial charge in [-0.1, -0.05) is 44.5 Å². The van der Waals surface area contributed by atoms with E-state index in [2.05, 4.69) is 63.1 Å². The highest BCUT2D eigenvalue weighted by atomic mass is 16.1. The molecular weight excluding hydrogens is 362 g/mol. The molecule has 1 N–H and O–H groups in total. The standard InChI is InChI=1S/C23H33N5O/c1-17(2)19-8-6-18(7-9-19)16-27-13-11-22-26-25-21(28(22)15-14-27)10-12-24-23(29)20-4-3-5-20/h6-9,17,20H,3-5,10-16H2,1-2H3,(H,24,29). The summed E-state index contributed by atoms with van der Waals surface area (Å²) in [6.45, 7) is 9.01. The van der Waals surface area contributed by atoms with Crippen molar-refractivity contribution in [3.63, 3.8) is 0 Å². The molecule has 6 nitrogen and oxygen atoms in total. The second kappa shape index (κ2) is 9.08. The Labute approximate surface area is 173 Å². The topological polar surface area (TPSA) is 63.1 Å². The number of rotatable bonds is 7. The van der Waals surface area contributed by atoms with Gasteiger partial charge in [0.05, 0.1) is 0 Å². The largest absolute Gasteiger partial charge is 0.355 e. The molecular formula is C23H33N5O. The van der Waals surface area contributed by atoms with Crippen LogP contribution in [0.25, 0.3) is 0 Å². The van der Waals surface area contributed by atoms with Crippen LogP contribution >= 0.6 is 0 Å². The van der Waals surface area contributed by atoms with Crippen molar-refractivity contribution in [1.29, 1.82) is 0 Å². The highest BCUT2D eigenvalue weighted by Gasteiger charge is 2.25. The van der Waals surface area contributed by atoms with E-state index in [1.54, 1.807) is 0 Å². The zero-order valence-corrected chi connectivity index (χ0v) is 17.7. The lowest BCUT2D eigenvalue weighted by Crippen LogP contribution is -2.35. The molecule has 2 aromatic rings. The first-order chi connectivity index (χ1) is 14.1. The summed E-state index contributed by atoms with van der Waals surface area (Å²) in [5.74, 6) is 3.10. The highest BCUT2D eigenvalue weighted by molar-refractivity contribution is 5.79. The Bertz CT molecular complexity index is 822. The number of hydrogen-bond acceptors (Lipinski definition) is 4. The maximum Gasteiger partial charge on any atom is 0.223 e. The van der Waals surface area contributed by atoms with Crippen LogP contribution < -0.4 is 5.32 Å². The van der Waals surface area contributed by atoms with Gasteiger partial charge in [0.2, 0.25) is 5.91 Å². The molecule has 2 heterocycles. The fraction of sp³-hybridized carbons (Fsp3) is 0.609. The lowest BCUT2D eigenvalue weighted by Gasteiger charge is -2.24. The van der Waals surface area contributed by atoms with Crippen LogP contribution in [0.2, 0.25) is 0 Å². The first-order valence-electron chi connectivity index (χ1n) is 11.1. The van der Waals surface area contributed by atoms with Crippen LogP contribution in [0, 0.1) is 5.92 Å². The fourth-order valence-corrected chi connectivity index (χ4v) is 4.15. The molecule has 1 fully saturated rings. The number of benzene rings is 1. The first-order valence-corrected chi connectivity index (χ1v) is 11.1. The molecule has 1 aromatic heterocycles. The summed E-state index contributed by atoms with van der Waals surface area (Å²) in [6, 6.07) is 9.03. The van der Waals surface area contributed by atoms with Crippen molar-refractivity contribution in [2.75, 3.05) is 19.6 Å². The van der Waals surface area contributed by atoms with Gasteiger partial charge < -0.3 is 9.88 Å². The fourth-order valence-electron chi connectivity index (χ4n) is 4.15. The molecule has 1 aliphatic carbocycles. The minimum Gasteiger partial charge on any atom is -0.355 e. The van der Waals surface area contributed by atoms with Gasteiger partial charge in [0.25, 0.3) is 0 Å². The number of aromatic nitrogens is 3. The summed E-state index contributed by atoms with van der Waals surface area (Å²) < 4.78 is 2.26. The van der Waals surface area contributed by atoms with Crippen LogP contribution in [0.3, 0.4) is 0 Å².